The van der Waals surface area contributed by atoms with E-state index < -0.39 is 0 Å². The molecule has 0 aliphatic heterocycles. The zero-order valence-electron chi connectivity index (χ0n) is 11.4. The van der Waals surface area contributed by atoms with Crippen LogP contribution >= 0.6 is 15.9 Å². The van der Waals surface area contributed by atoms with Crippen LogP contribution in [0.4, 0.5) is 15.8 Å². The van der Waals surface area contributed by atoms with E-state index in [0.29, 0.717) is 11.0 Å². The maximum Gasteiger partial charge on any atom is 0.137 e. The first kappa shape index (κ1) is 14.9. The molecule has 0 unspecified atom stereocenters. The monoisotopic (exact) mass is 336 g/mol. The molecule has 0 heterocycles. The van der Waals surface area contributed by atoms with Crippen LogP contribution < -0.4 is 10.6 Å². The number of hydrogen-bond acceptors (Lipinski definition) is 2. The van der Waals surface area contributed by atoms with E-state index in [0.717, 1.165) is 29.9 Å². The van der Waals surface area contributed by atoms with Crippen molar-refractivity contribution < 1.29 is 4.39 Å². The lowest BCUT2D eigenvalue weighted by molar-refractivity contribution is 0.616. The summed E-state index contributed by atoms with van der Waals surface area (Å²) >= 11 is 3.32. The van der Waals surface area contributed by atoms with Crippen molar-refractivity contribution in [1.29, 1.82) is 0 Å². The lowest BCUT2D eigenvalue weighted by Crippen LogP contribution is -2.23. The van der Waals surface area contributed by atoms with Gasteiger partial charge in [0, 0.05) is 24.5 Å². The summed E-state index contributed by atoms with van der Waals surface area (Å²) in [6, 6.07) is 12.9. The van der Waals surface area contributed by atoms with Gasteiger partial charge in [-0.25, -0.2) is 4.39 Å². The van der Waals surface area contributed by atoms with E-state index in [1.54, 1.807) is 6.07 Å². The lowest BCUT2D eigenvalue weighted by atomic mass is 10.1. The fraction of sp³-hybridized carbons (Fsp3) is 0.250. The fourth-order valence-electron chi connectivity index (χ4n) is 2.17. The minimum atomic E-state index is -0.230. The molecular weight excluding hydrogens is 319 g/mol. The predicted octanol–water partition coefficient (Wildman–Crippen LogP) is 4.59. The number of hydrogen-bond donors (Lipinski definition) is 1. The van der Waals surface area contributed by atoms with Gasteiger partial charge in [0.1, 0.15) is 5.82 Å². The van der Waals surface area contributed by atoms with Gasteiger partial charge in [0.15, 0.2) is 0 Å². The number of nitrogens with two attached hydrogens (primary N) is 1. The number of rotatable bonds is 5. The maximum atomic E-state index is 13.6. The first-order chi connectivity index (χ1) is 9.61. The molecule has 20 heavy (non-hydrogen) atoms. The van der Waals surface area contributed by atoms with Crippen LogP contribution in [0.2, 0.25) is 0 Å². The molecule has 0 spiro atoms. The molecular formula is C16H18BrFN2. The zero-order valence-corrected chi connectivity index (χ0v) is 13.0. The van der Waals surface area contributed by atoms with Crippen molar-refractivity contribution in [2.45, 2.75) is 19.9 Å². The van der Waals surface area contributed by atoms with Gasteiger partial charge in [-0.15, -0.1) is 0 Å². The summed E-state index contributed by atoms with van der Waals surface area (Å²) < 4.78 is 14.1. The van der Waals surface area contributed by atoms with Gasteiger partial charge in [-0.3, -0.25) is 0 Å². The Kier molecular flexibility index (Phi) is 5.01. The molecule has 0 fully saturated rings. The molecule has 4 heteroatoms. The van der Waals surface area contributed by atoms with Gasteiger partial charge in [-0.2, -0.15) is 0 Å². The van der Waals surface area contributed by atoms with E-state index in [1.807, 2.05) is 30.3 Å². The predicted molar refractivity (Wildman–Crippen MR) is 86.3 cm³/mol. The molecule has 0 amide bonds. The molecule has 106 valence electrons. The number of nitrogens with zero attached hydrogens (tertiary/aromatic N) is 1. The standard InChI is InChI=1S/C16H18BrFN2/c1-2-9-20(14-7-4-6-13(19)10-14)11-12-5-3-8-15(18)16(12)17/h3-8,10H,2,9,11,19H2,1H3. The highest BCUT2D eigenvalue weighted by Crippen LogP contribution is 2.25. The minimum Gasteiger partial charge on any atom is -0.399 e. The Hall–Kier alpha value is -1.55. The Balaban J connectivity index is 2.28. The SMILES string of the molecule is CCCN(Cc1cccc(F)c1Br)c1cccc(N)c1. The maximum absolute atomic E-state index is 13.6. The quantitative estimate of drug-likeness (QED) is 0.809. The van der Waals surface area contributed by atoms with Crippen LogP contribution in [0.15, 0.2) is 46.9 Å². The second-order valence-corrected chi connectivity index (χ2v) is 5.52. The molecule has 2 nitrogen and oxygen atoms in total. The molecule has 0 atom stereocenters. The van der Waals surface area contributed by atoms with Crippen LogP contribution in [0.25, 0.3) is 0 Å². The largest absolute Gasteiger partial charge is 0.399 e. The van der Waals surface area contributed by atoms with Crippen molar-refractivity contribution in [3.63, 3.8) is 0 Å². The molecule has 0 saturated heterocycles. The molecule has 0 aliphatic carbocycles. The lowest BCUT2D eigenvalue weighted by Gasteiger charge is -2.25. The highest BCUT2D eigenvalue weighted by Gasteiger charge is 2.11. The molecule has 0 bridgehead atoms. The third kappa shape index (κ3) is 3.51. The Morgan fingerprint density at radius 1 is 1.20 bits per heavy atom. The van der Waals surface area contributed by atoms with Crippen molar-refractivity contribution in [2.24, 2.45) is 0 Å². The summed E-state index contributed by atoms with van der Waals surface area (Å²) in [5.41, 5.74) is 8.57. The number of benzene rings is 2. The van der Waals surface area contributed by atoms with Gasteiger partial charge < -0.3 is 10.6 Å². The summed E-state index contributed by atoms with van der Waals surface area (Å²) in [7, 11) is 0. The fourth-order valence-corrected chi connectivity index (χ4v) is 2.56. The first-order valence-corrected chi connectivity index (χ1v) is 7.44. The van der Waals surface area contributed by atoms with Crippen LogP contribution in [-0.4, -0.2) is 6.54 Å². The van der Waals surface area contributed by atoms with Gasteiger partial charge in [0.2, 0.25) is 0 Å². The van der Waals surface area contributed by atoms with E-state index in [1.165, 1.54) is 6.07 Å². The highest BCUT2D eigenvalue weighted by molar-refractivity contribution is 9.10. The summed E-state index contributed by atoms with van der Waals surface area (Å²) in [4.78, 5) is 2.20. The van der Waals surface area contributed by atoms with E-state index in [2.05, 4.69) is 27.8 Å². The average molecular weight is 337 g/mol. The minimum absolute atomic E-state index is 0.230. The second-order valence-electron chi connectivity index (χ2n) is 4.73. The van der Waals surface area contributed by atoms with Gasteiger partial charge >= 0.3 is 0 Å². The van der Waals surface area contributed by atoms with Crippen LogP contribution in [0.3, 0.4) is 0 Å². The third-order valence-electron chi connectivity index (χ3n) is 3.12. The summed E-state index contributed by atoms with van der Waals surface area (Å²) in [5.74, 6) is -0.230. The van der Waals surface area contributed by atoms with E-state index in [-0.39, 0.29) is 5.82 Å². The summed E-state index contributed by atoms with van der Waals surface area (Å²) in [6.45, 7) is 3.67. The molecule has 0 radical (unpaired) electrons. The van der Waals surface area contributed by atoms with Crippen molar-refractivity contribution in [3.05, 3.63) is 58.3 Å². The first-order valence-electron chi connectivity index (χ1n) is 6.65. The van der Waals surface area contributed by atoms with Crippen molar-refractivity contribution >= 4 is 27.3 Å². The normalized spacial score (nSPS) is 10.6. The van der Waals surface area contributed by atoms with Gasteiger partial charge in [-0.05, 0) is 52.2 Å². The Bertz CT molecular complexity index is 586. The van der Waals surface area contributed by atoms with E-state index in [9.17, 15) is 4.39 Å². The molecule has 2 N–H and O–H groups in total. The zero-order chi connectivity index (χ0) is 14.5. The molecule has 2 rings (SSSR count). The van der Waals surface area contributed by atoms with Crippen molar-refractivity contribution in [1.82, 2.24) is 0 Å². The topological polar surface area (TPSA) is 29.3 Å². The average Bonchev–Trinajstić information content (AvgIpc) is 2.43. The van der Waals surface area contributed by atoms with E-state index in [4.69, 9.17) is 5.73 Å². The van der Waals surface area contributed by atoms with Gasteiger partial charge in [-0.1, -0.05) is 25.1 Å². The second kappa shape index (κ2) is 6.75. The van der Waals surface area contributed by atoms with Crippen LogP contribution in [-0.2, 0) is 6.54 Å². The van der Waals surface area contributed by atoms with E-state index >= 15 is 0 Å². The number of anilines is 2. The van der Waals surface area contributed by atoms with Crippen molar-refractivity contribution in [2.75, 3.05) is 17.2 Å². The highest BCUT2D eigenvalue weighted by atomic mass is 79.9. The molecule has 2 aromatic rings. The summed E-state index contributed by atoms with van der Waals surface area (Å²) in [6.07, 6.45) is 1.02. The summed E-state index contributed by atoms with van der Waals surface area (Å²) in [5, 5.41) is 0. The van der Waals surface area contributed by atoms with Gasteiger partial charge in [0.25, 0.3) is 0 Å². The third-order valence-corrected chi connectivity index (χ3v) is 4.01. The smallest absolute Gasteiger partial charge is 0.137 e. The molecule has 0 aromatic heterocycles. The Morgan fingerprint density at radius 3 is 2.65 bits per heavy atom. The van der Waals surface area contributed by atoms with Crippen LogP contribution in [0.5, 0.6) is 0 Å². The van der Waals surface area contributed by atoms with Crippen molar-refractivity contribution in [3.8, 4) is 0 Å². The molecule has 2 aromatic carbocycles. The van der Waals surface area contributed by atoms with Crippen LogP contribution in [0, 0.1) is 5.82 Å². The number of halogens is 2. The number of nitrogen functional groups attached to an aromatic ring is 1. The Labute approximate surface area is 127 Å². The Morgan fingerprint density at radius 2 is 1.95 bits per heavy atom. The van der Waals surface area contributed by atoms with Crippen LogP contribution in [0.1, 0.15) is 18.9 Å². The molecule has 0 aliphatic rings. The molecule has 0 saturated carbocycles. The van der Waals surface area contributed by atoms with Gasteiger partial charge in [0.05, 0.1) is 4.47 Å².